The van der Waals surface area contributed by atoms with Crippen molar-refractivity contribution in [3.05, 3.63) is 137 Å². The van der Waals surface area contributed by atoms with Crippen LogP contribution in [0.25, 0.3) is 6.08 Å². The van der Waals surface area contributed by atoms with Crippen molar-refractivity contribution in [2.45, 2.75) is 24.4 Å². The highest BCUT2D eigenvalue weighted by Crippen LogP contribution is 2.62. The fourth-order valence-electron chi connectivity index (χ4n) is 6.97. The van der Waals surface area contributed by atoms with Gasteiger partial charge in [-0.25, -0.2) is 0 Å². The number of benzene rings is 4. The van der Waals surface area contributed by atoms with E-state index in [1.807, 2.05) is 71.8 Å². The molecule has 0 radical (unpaired) electrons. The van der Waals surface area contributed by atoms with Crippen molar-refractivity contribution in [2.75, 3.05) is 5.32 Å². The van der Waals surface area contributed by atoms with Gasteiger partial charge >= 0.3 is 5.97 Å². The zero-order valence-electron chi connectivity index (χ0n) is 22.7. The lowest BCUT2D eigenvalue weighted by Gasteiger charge is -2.38. The molecule has 4 aromatic rings. The van der Waals surface area contributed by atoms with Crippen LogP contribution in [0.3, 0.4) is 0 Å². The molecule has 3 heterocycles. The minimum Gasteiger partial charge on any atom is -0.427 e. The van der Waals surface area contributed by atoms with Crippen LogP contribution in [0.4, 0.5) is 5.69 Å². The lowest BCUT2D eigenvalue weighted by molar-refractivity contribution is -0.131. The molecular formula is C35H26N2O5. The Bertz CT molecular complexity index is 1800. The Morgan fingerprint density at radius 1 is 0.786 bits per heavy atom. The SMILES string of the molecule is CC(=O)Oc1ccc(C(=O)[C@H]2[C@H](C(=O)c3ccccc3)[C@]3(C(=O)Nc4ccccc43)[C@H]3c4ccccc4C=CN23)cc1. The smallest absolute Gasteiger partial charge is 0.308 e. The Morgan fingerprint density at radius 3 is 2.21 bits per heavy atom. The number of ether oxygens (including phenoxy) is 1. The average molecular weight is 555 g/mol. The van der Waals surface area contributed by atoms with Gasteiger partial charge in [0.05, 0.1) is 12.0 Å². The molecule has 0 aliphatic carbocycles. The number of hydrogen-bond acceptors (Lipinski definition) is 6. The highest BCUT2D eigenvalue weighted by molar-refractivity contribution is 6.16. The molecule has 1 saturated heterocycles. The molecule has 7 nitrogen and oxygen atoms in total. The van der Waals surface area contributed by atoms with Crippen molar-refractivity contribution >= 4 is 35.2 Å². The van der Waals surface area contributed by atoms with Gasteiger partial charge < -0.3 is 15.0 Å². The number of fused-ring (bicyclic) bond motifs is 6. The Kier molecular flexibility index (Phi) is 5.90. The summed E-state index contributed by atoms with van der Waals surface area (Å²) in [6.07, 6.45) is 3.77. The molecule has 3 aliphatic heterocycles. The van der Waals surface area contributed by atoms with Crippen molar-refractivity contribution < 1.29 is 23.9 Å². The molecule has 4 atom stereocenters. The van der Waals surface area contributed by atoms with Crippen LogP contribution in [0.2, 0.25) is 0 Å². The number of esters is 1. The molecule has 7 heteroatoms. The molecule has 0 aromatic heterocycles. The van der Waals surface area contributed by atoms with E-state index in [2.05, 4.69) is 5.32 Å². The van der Waals surface area contributed by atoms with Crippen LogP contribution in [0.5, 0.6) is 5.75 Å². The molecule has 0 bridgehead atoms. The van der Waals surface area contributed by atoms with E-state index in [1.165, 1.54) is 6.92 Å². The summed E-state index contributed by atoms with van der Waals surface area (Å²) in [6.45, 7) is 1.31. The third-order valence-corrected chi connectivity index (χ3v) is 8.58. The van der Waals surface area contributed by atoms with Crippen molar-refractivity contribution in [3.63, 3.8) is 0 Å². The molecule has 1 N–H and O–H groups in total. The van der Waals surface area contributed by atoms with Gasteiger partial charge in [0.15, 0.2) is 11.6 Å². The summed E-state index contributed by atoms with van der Waals surface area (Å²) in [6, 6.07) is 28.8. The third kappa shape index (κ3) is 3.66. The van der Waals surface area contributed by atoms with E-state index in [9.17, 15) is 19.2 Å². The van der Waals surface area contributed by atoms with Gasteiger partial charge in [-0.1, -0.05) is 72.8 Å². The second kappa shape index (κ2) is 9.66. The minimum absolute atomic E-state index is 0.280. The van der Waals surface area contributed by atoms with Crippen LogP contribution < -0.4 is 10.1 Å². The van der Waals surface area contributed by atoms with E-state index in [-0.39, 0.29) is 17.5 Å². The Morgan fingerprint density at radius 2 is 1.45 bits per heavy atom. The fourth-order valence-corrected chi connectivity index (χ4v) is 6.97. The Hall–Kier alpha value is -5.30. The van der Waals surface area contributed by atoms with Crippen LogP contribution in [0.1, 0.15) is 50.4 Å². The van der Waals surface area contributed by atoms with Gasteiger partial charge in [0.25, 0.3) is 0 Å². The highest BCUT2D eigenvalue weighted by atomic mass is 16.5. The summed E-state index contributed by atoms with van der Waals surface area (Å²) in [5.74, 6) is -2.10. The van der Waals surface area contributed by atoms with E-state index >= 15 is 0 Å². The fraction of sp³-hybridized carbons (Fsp3) is 0.143. The lowest BCUT2D eigenvalue weighted by atomic mass is 9.62. The third-order valence-electron chi connectivity index (χ3n) is 8.58. The van der Waals surface area contributed by atoms with Crippen LogP contribution in [-0.2, 0) is 15.0 Å². The van der Waals surface area contributed by atoms with E-state index in [4.69, 9.17) is 4.74 Å². The minimum atomic E-state index is -1.39. The first-order valence-electron chi connectivity index (χ1n) is 13.8. The number of ketones is 2. The van der Waals surface area contributed by atoms with E-state index in [0.717, 1.165) is 11.1 Å². The maximum Gasteiger partial charge on any atom is 0.308 e. The Labute approximate surface area is 242 Å². The van der Waals surface area contributed by atoms with Gasteiger partial charge in [0.2, 0.25) is 5.91 Å². The summed E-state index contributed by atoms with van der Waals surface area (Å²) in [5, 5.41) is 3.05. The summed E-state index contributed by atoms with van der Waals surface area (Å²) >= 11 is 0. The quantitative estimate of drug-likeness (QED) is 0.196. The van der Waals surface area contributed by atoms with Crippen LogP contribution in [-0.4, -0.2) is 34.4 Å². The molecule has 7 rings (SSSR count). The number of nitrogens with zero attached hydrogens (tertiary/aromatic N) is 1. The van der Waals surface area contributed by atoms with Gasteiger partial charge in [-0.05, 0) is 53.1 Å². The molecule has 0 unspecified atom stereocenters. The van der Waals surface area contributed by atoms with E-state index in [0.29, 0.717) is 28.1 Å². The first-order valence-corrected chi connectivity index (χ1v) is 13.8. The molecule has 3 aliphatic rings. The number of rotatable bonds is 5. The van der Waals surface area contributed by atoms with Gasteiger partial charge in [-0.3, -0.25) is 19.2 Å². The second-order valence-corrected chi connectivity index (χ2v) is 10.8. The van der Waals surface area contributed by atoms with E-state index < -0.39 is 29.4 Å². The number of Topliss-reactive ketones (excluding diaryl/α,β-unsaturated/α-hetero) is 2. The molecule has 4 aromatic carbocycles. The molecular weight excluding hydrogens is 528 g/mol. The molecule has 42 heavy (non-hydrogen) atoms. The second-order valence-electron chi connectivity index (χ2n) is 10.8. The first kappa shape index (κ1) is 25.7. The number of nitrogens with one attached hydrogen (secondary N) is 1. The first-order chi connectivity index (χ1) is 20.4. The van der Waals surface area contributed by atoms with Gasteiger partial charge in [0.1, 0.15) is 17.2 Å². The van der Waals surface area contributed by atoms with Crippen LogP contribution >= 0.6 is 0 Å². The average Bonchev–Trinajstić information content (AvgIpc) is 3.49. The Balaban J connectivity index is 1.48. The summed E-state index contributed by atoms with van der Waals surface area (Å²) in [4.78, 5) is 57.1. The lowest BCUT2D eigenvalue weighted by Crippen LogP contribution is -2.49. The molecule has 0 saturated carbocycles. The predicted molar refractivity (Wildman–Crippen MR) is 157 cm³/mol. The highest BCUT2D eigenvalue weighted by Gasteiger charge is 2.70. The van der Waals surface area contributed by atoms with Crippen molar-refractivity contribution in [2.24, 2.45) is 5.92 Å². The maximum atomic E-state index is 14.7. The van der Waals surface area contributed by atoms with Crippen molar-refractivity contribution in [1.29, 1.82) is 0 Å². The number of anilines is 1. The van der Waals surface area contributed by atoms with E-state index in [1.54, 1.807) is 48.5 Å². The van der Waals surface area contributed by atoms with Crippen molar-refractivity contribution in [1.82, 2.24) is 4.90 Å². The molecule has 1 amide bonds. The number of para-hydroxylation sites is 1. The van der Waals surface area contributed by atoms with Gasteiger partial charge in [0, 0.05) is 29.9 Å². The van der Waals surface area contributed by atoms with Crippen LogP contribution in [0, 0.1) is 5.92 Å². The zero-order chi connectivity index (χ0) is 29.0. The molecule has 206 valence electrons. The van der Waals surface area contributed by atoms with Gasteiger partial charge in [-0.2, -0.15) is 0 Å². The zero-order valence-corrected chi connectivity index (χ0v) is 22.7. The van der Waals surface area contributed by atoms with Crippen molar-refractivity contribution in [3.8, 4) is 5.75 Å². The topological polar surface area (TPSA) is 92.8 Å². The number of carbonyl (C=O) groups excluding carboxylic acids is 4. The van der Waals surface area contributed by atoms with Gasteiger partial charge in [-0.15, -0.1) is 0 Å². The van der Waals surface area contributed by atoms with Crippen LogP contribution in [0.15, 0.2) is 109 Å². The summed E-state index contributed by atoms with van der Waals surface area (Å²) in [5.41, 5.74) is 2.53. The standard InChI is InChI=1S/C35H26N2O5/c1-21(38)42-25-17-15-24(16-18-25)32(40)30-29(31(39)23-10-3-2-4-11-23)35(27-13-7-8-14-28(27)36-34(35)41)33-26-12-6-5-9-22(26)19-20-37(30)33/h2-20,29-30,33H,1H3,(H,36,41)/t29-,30-,33-,35+/m1/s1. The summed E-state index contributed by atoms with van der Waals surface area (Å²) in [7, 11) is 0. The normalized spacial score (nSPS) is 23.1. The molecule has 1 fully saturated rings. The summed E-state index contributed by atoms with van der Waals surface area (Å²) < 4.78 is 5.17. The predicted octanol–water partition coefficient (Wildman–Crippen LogP) is 5.59. The monoisotopic (exact) mass is 554 g/mol. The maximum absolute atomic E-state index is 14.7. The number of carbonyl (C=O) groups is 4. The molecule has 1 spiro atoms. The number of amides is 1. The largest absolute Gasteiger partial charge is 0.427 e. The number of hydrogen-bond donors (Lipinski definition) is 1.